The third-order valence-corrected chi connectivity index (χ3v) is 4.61. The van der Waals surface area contributed by atoms with Crippen LogP contribution in [-0.4, -0.2) is 22.8 Å². The maximum Gasteiger partial charge on any atom is 0.230 e. The molecule has 0 fully saturated rings. The van der Waals surface area contributed by atoms with E-state index in [4.69, 9.17) is 27.9 Å². The number of para-hydroxylation sites is 1. The monoisotopic (exact) mass is 389 g/mol. The van der Waals surface area contributed by atoms with Gasteiger partial charge in [-0.1, -0.05) is 47.5 Å². The Morgan fingerprint density at radius 2 is 1.85 bits per heavy atom. The van der Waals surface area contributed by atoms with Gasteiger partial charge in [0.15, 0.2) is 0 Å². The van der Waals surface area contributed by atoms with E-state index in [0.29, 0.717) is 28.2 Å². The number of ether oxygens (including phenoxy) is 1. The predicted molar refractivity (Wildman–Crippen MR) is 103 cm³/mol. The quantitative estimate of drug-likeness (QED) is 0.678. The number of aromatic nitrogens is 2. The van der Waals surface area contributed by atoms with Gasteiger partial charge < -0.3 is 10.1 Å². The number of hydrogen-bond acceptors (Lipinski definition) is 3. The third kappa shape index (κ3) is 4.18. The van der Waals surface area contributed by atoms with Crippen LogP contribution in [0.3, 0.4) is 0 Å². The van der Waals surface area contributed by atoms with E-state index in [1.807, 2.05) is 24.3 Å². The van der Waals surface area contributed by atoms with E-state index in [0.717, 1.165) is 11.1 Å². The molecule has 1 N–H and O–H groups in total. The van der Waals surface area contributed by atoms with Gasteiger partial charge in [-0.25, -0.2) is 4.68 Å². The minimum atomic E-state index is -0.165. The van der Waals surface area contributed by atoms with Crippen LogP contribution in [0.4, 0.5) is 5.82 Å². The number of nitrogens with one attached hydrogen (secondary N) is 1. The standard InChI is InChI=1S/C19H17Cl2N3O2/c1-26-17-8-3-2-5-13(17)11-19(25)23-18-9-10-22-24(18)12-14-15(20)6-4-7-16(14)21/h2-10H,11-12H2,1H3,(H,23,25). The zero-order valence-corrected chi connectivity index (χ0v) is 15.6. The molecule has 3 rings (SSSR count). The Morgan fingerprint density at radius 3 is 2.58 bits per heavy atom. The van der Waals surface area contributed by atoms with Crippen molar-refractivity contribution in [1.82, 2.24) is 9.78 Å². The number of nitrogens with zero attached hydrogens (tertiary/aromatic N) is 2. The van der Waals surface area contributed by atoms with E-state index in [9.17, 15) is 4.79 Å². The number of benzene rings is 2. The number of halogens is 2. The average Bonchev–Trinajstić information content (AvgIpc) is 3.05. The molecule has 1 heterocycles. The number of carbonyl (C=O) groups excluding carboxylic acids is 1. The first kappa shape index (κ1) is 18.3. The smallest absolute Gasteiger partial charge is 0.230 e. The lowest BCUT2D eigenvalue weighted by atomic mass is 10.1. The summed E-state index contributed by atoms with van der Waals surface area (Å²) < 4.78 is 6.93. The van der Waals surface area contributed by atoms with Crippen LogP contribution in [0.15, 0.2) is 54.7 Å². The SMILES string of the molecule is COc1ccccc1CC(=O)Nc1ccnn1Cc1c(Cl)cccc1Cl. The van der Waals surface area contributed by atoms with Crippen LogP contribution < -0.4 is 10.1 Å². The van der Waals surface area contributed by atoms with Crippen molar-refractivity contribution in [2.75, 3.05) is 12.4 Å². The Labute approximate surface area is 161 Å². The maximum atomic E-state index is 12.4. The Morgan fingerprint density at radius 1 is 1.12 bits per heavy atom. The fourth-order valence-electron chi connectivity index (χ4n) is 2.61. The van der Waals surface area contributed by atoms with Crippen LogP contribution >= 0.6 is 23.2 Å². The molecule has 0 saturated heterocycles. The molecule has 2 aromatic carbocycles. The summed E-state index contributed by atoms with van der Waals surface area (Å²) in [5.41, 5.74) is 1.56. The molecule has 0 aliphatic rings. The fourth-order valence-corrected chi connectivity index (χ4v) is 3.12. The van der Waals surface area contributed by atoms with Crippen LogP contribution in [0.5, 0.6) is 5.75 Å². The van der Waals surface area contributed by atoms with Gasteiger partial charge in [-0.3, -0.25) is 4.79 Å². The van der Waals surface area contributed by atoms with Crippen LogP contribution in [-0.2, 0) is 17.8 Å². The van der Waals surface area contributed by atoms with Crippen molar-refractivity contribution < 1.29 is 9.53 Å². The molecule has 7 heteroatoms. The Bertz CT molecular complexity index is 904. The molecule has 0 radical (unpaired) electrons. The van der Waals surface area contributed by atoms with E-state index < -0.39 is 0 Å². The van der Waals surface area contributed by atoms with Crippen LogP contribution in [0.1, 0.15) is 11.1 Å². The van der Waals surface area contributed by atoms with Gasteiger partial charge >= 0.3 is 0 Å². The second kappa shape index (κ2) is 8.25. The van der Waals surface area contributed by atoms with Gasteiger partial charge in [0, 0.05) is 27.2 Å². The van der Waals surface area contributed by atoms with Crippen molar-refractivity contribution in [2.24, 2.45) is 0 Å². The van der Waals surface area contributed by atoms with Crippen molar-refractivity contribution in [3.8, 4) is 5.75 Å². The molecule has 0 spiro atoms. The van der Waals surface area contributed by atoms with Crippen LogP contribution in [0.2, 0.25) is 10.0 Å². The first-order chi connectivity index (χ1) is 12.6. The largest absolute Gasteiger partial charge is 0.496 e. The second-order valence-electron chi connectivity index (χ2n) is 5.61. The highest BCUT2D eigenvalue weighted by molar-refractivity contribution is 6.35. The molecule has 1 amide bonds. The Kier molecular flexibility index (Phi) is 5.81. The normalized spacial score (nSPS) is 10.6. The van der Waals surface area contributed by atoms with Gasteiger partial charge in [0.25, 0.3) is 0 Å². The number of hydrogen-bond donors (Lipinski definition) is 1. The van der Waals surface area contributed by atoms with E-state index in [1.54, 1.807) is 42.3 Å². The van der Waals surface area contributed by atoms with Gasteiger partial charge in [0.05, 0.1) is 26.3 Å². The highest BCUT2D eigenvalue weighted by Gasteiger charge is 2.13. The molecule has 0 saturated carbocycles. The number of carbonyl (C=O) groups is 1. The molecule has 0 bridgehead atoms. The number of anilines is 1. The summed E-state index contributed by atoms with van der Waals surface area (Å²) in [6.45, 7) is 0.357. The Balaban J connectivity index is 1.74. The minimum absolute atomic E-state index is 0.165. The Hall–Kier alpha value is -2.50. The number of amides is 1. The van der Waals surface area contributed by atoms with Crippen molar-refractivity contribution in [2.45, 2.75) is 13.0 Å². The summed E-state index contributed by atoms with van der Waals surface area (Å²) in [5, 5.41) is 8.23. The molecule has 134 valence electrons. The average molecular weight is 390 g/mol. The molecule has 3 aromatic rings. The first-order valence-corrected chi connectivity index (χ1v) is 8.70. The first-order valence-electron chi connectivity index (χ1n) is 7.95. The van der Waals surface area contributed by atoms with Crippen LogP contribution in [0.25, 0.3) is 0 Å². The van der Waals surface area contributed by atoms with E-state index in [-0.39, 0.29) is 12.3 Å². The second-order valence-corrected chi connectivity index (χ2v) is 6.43. The van der Waals surface area contributed by atoms with Gasteiger partial charge in [0.2, 0.25) is 5.91 Å². The molecule has 5 nitrogen and oxygen atoms in total. The molecular weight excluding hydrogens is 373 g/mol. The highest BCUT2D eigenvalue weighted by atomic mass is 35.5. The minimum Gasteiger partial charge on any atom is -0.496 e. The van der Waals surface area contributed by atoms with Crippen molar-refractivity contribution >= 4 is 34.9 Å². The maximum absolute atomic E-state index is 12.4. The summed E-state index contributed by atoms with van der Waals surface area (Å²) in [6.07, 6.45) is 1.81. The molecule has 1 aromatic heterocycles. The summed E-state index contributed by atoms with van der Waals surface area (Å²) in [6, 6.07) is 14.5. The fraction of sp³-hybridized carbons (Fsp3) is 0.158. The lowest BCUT2D eigenvalue weighted by Gasteiger charge is -2.12. The predicted octanol–water partition coefficient (Wildman–Crippen LogP) is 4.43. The van der Waals surface area contributed by atoms with Crippen LogP contribution in [0, 0.1) is 0 Å². The zero-order valence-electron chi connectivity index (χ0n) is 14.1. The molecule has 0 aliphatic heterocycles. The van der Waals surface area contributed by atoms with Gasteiger partial charge in [-0.05, 0) is 18.2 Å². The molecule has 0 atom stereocenters. The number of rotatable bonds is 6. The lowest BCUT2D eigenvalue weighted by Crippen LogP contribution is -2.18. The third-order valence-electron chi connectivity index (χ3n) is 3.90. The van der Waals surface area contributed by atoms with Crippen molar-refractivity contribution in [3.63, 3.8) is 0 Å². The summed E-state index contributed by atoms with van der Waals surface area (Å²) >= 11 is 12.4. The summed E-state index contributed by atoms with van der Waals surface area (Å²) in [5.74, 6) is 1.08. The van der Waals surface area contributed by atoms with Crippen molar-refractivity contribution in [1.29, 1.82) is 0 Å². The van der Waals surface area contributed by atoms with Gasteiger partial charge in [-0.2, -0.15) is 5.10 Å². The van der Waals surface area contributed by atoms with Crippen molar-refractivity contribution in [3.05, 3.63) is 75.9 Å². The lowest BCUT2D eigenvalue weighted by molar-refractivity contribution is -0.115. The summed E-state index contributed by atoms with van der Waals surface area (Å²) in [4.78, 5) is 12.4. The topological polar surface area (TPSA) is 56.1 Å². The molecule has 0 aliphatic carbocycles. The van der Waals surface area contributed by atoms with Gasteiger partial charge in [-0.15, -0.1) is 0 Å². The van der Waals surface area contributed by atoms with E-state index >= 15 is 0 Å². The molecule has 0 unspecified atom stereocenters. The number of methoxy groups -OCH3 is 1. The molecular formula is C19H17Cl2N3O2. The zero-order chi connectivity index (χ0) is 18.5. The summed E-state index contributed by atoms with van der Waals surface area (Å²) in [7, 11) is 1.58. The highest BCUT2D eigenvalue weighted by Crippen LogP contribution is 2.26. The molecule has 26 heavy (non-hydrogen) atoms. The van der Waals surface area contributed by atoms with E-state index in [2.05, 4.69) is 10.4 Å². The van der Waals surface area contributed by atoms with Gasteiger partial charge in [0.1, 0.15) is 11.6 Å². The van der Waals surface area contributed by atoms with E-state index in [1.165, 1.54) is 0 Å².